The number of aromatic nitrogens is 3. The first-order chi connectivity index (χ1) is 10.2. The molecule has 0 unspecified atom stereocenters. The van der Waals surface area contributed by atoms with Crippen molar-refractivity contribution < 1.29 is 9.63 Å². The van der Waals surface area contributed by atoms with Gasteiger partial charge in [0.05, 0.1) is 11.1 Å². The average molecular weight is 347 g/mol. The molecular weight excluding hydrogens is 336 g/mol. The summed E-state index contributed by atoms with van der Waals surface area (Å²) in [6.45, 7) is 0.295. The molecule has 0 bridgehead atoms. The maximum Gasteiger partial charge on any atom is 0.295 e. The van der Waals surface area contributed by atoms with Gasteiger partial charge in [-0.1, -0.05) is 30.3 Å². The molecule has 0 aliphatic carbocycles. The molecule has 0 fully saturated rings. The third kappa shape index (κ3) is 3.26. The Kier molecular flexibility index (Phi) is 3.94. The van der Waals surface area contributed by atoms with Crippen LogP contribution in [-0.4, -0.2) is 20.5 Å². The lowest BCUT2D eigenvalue weighted by Gasteiger charge is -2.03. The van der Waals surface area contributed by atoms with Crippen molar-refractivity contribution in [1.29, 1.82) is 0 Å². The molecule has 1 aromatic carbocycles. The second-order valence-corrected chi connectivity index (χ2v) is 5.23. The van der Waals surface area contributed by atoms with E-state index in [0.29, 0.717) is 12.3 Å². The van der Waals surface area contributed by atoms with E-state index in [-0.39, 0.29) is 5.69 Å². The van der Waals surface area contributed by atoms with Crippen molar-refractivity contribution in [3.63, 3.8) is 0 Å². The topological polar surface area (TPSA) is 68.5 Å². The van der Waals surface area contributed by atoms with Crippen molar-refractivity contribution in [3.8, 4) is 0 Å². The number of hydrogen-bond acceptors (Lipinski definition) is 4. The Hall–Kier alpha value is -2.25. The fourth-order valence-electron chi connectivity index (χ4n) is 1.78. The van der Waals surface area contributed by atoms with Gasteiger partial charge in [0.2, 0.25) is 0 Å². The Morgan fingerprint density at radius 1 is 1.33 bits per heavy atom. The van der Waals surface area contributed by atoms with Crippen LogP contribution < -0.4 is 5.48 Å². The normalized spacial score (nSPS) is 10.7. The summed E-state index contributed by atoms with van der Waals surface area (Å²) in [6, 6.07) is 11.2. The second kappa shape index (κ2) is 6.02. The lowest BCUT2D eigenvalue weighted by atomic mass is 10.2. The van der Waals surface area contributed by atoms with Crippen LogP contribution in [0.15, 0.2) is 53.3 Å². The van der Waals surface area contributed by atoms with Gasteiger partial charge < -0.3 is 0 Å². The van der Waals surface area contributed by atoms with E-state index in [1.165, 1.54) is 4.52 Å². The molecule has 0 spiro atoms. The molecule has 6 nitrogen and oxygen atoms in total. The molecule has 2 aromatic heterocycles. The Balaban J connectivity index is 1.64. The van der Waals surface area contributed by atoms with Crippen LogP contribution in [0.5, 0.6) is 0 Å². The molecular formula is C14H11BrN4O2. The van der Waals surface area contributed by atoms with Crippen molar-refractivity contribution in [3.05, 3.63) is 64.5 Å². The summed E-state index contributed by atoms with van der Waals surface area (Å²) < 4.78 is 2.31. The summed E-state index contributed by atoms with van der Waals surface area (Å²) in [5, 5.41) is 4.13. The molecule has 7 heteroatoms. The SMILES string of the molecule is O=C(NOCc1ccccc1)c1cc2ncc(Br)cn2n1. The molecule has 106 valence electrons. The average Bonchev–Trinajstić information content (AvgIpc) is 2.91. The van der Waals surface area contributed by atoms with Gasteiger partial charge in [0.25, 0.3) is 5.91 Å². The standard InChI is InChI=1S/C14H11BrN4O2/c15-11-7-16-13-6-12(17-19(13)8-11)14(20)18-21-9-10-4-2-1-3-5-10/h1-8H,9H2,(H,18,20). The Bertz CT molecular complexity index is 773. The zero-order chi connectivity index (χ0) is 14.7. The molecule has 0 saturated heterocycles. The van der Waals surface area contributed by atoms with E-state index in [1.807, 2.05) is 30.3 Å². The zero-order valence-corrected chi connectivity index (χ0v) is 12.4. The molecule has 3 rings (SSSR count). The van der Waals surface area contributed by atoms with E-state index in [9.17, 15) is 4.79 Å². The van der Waals surface area contributed by atoms with Crippen LogP contribution in [0.4, 0.5) is 0 Å². The first-order valence-corrected chi connectivity index (χ1v) is 6.99. The number of carbonyl (C=O) groups is 1. The number of fused-ring (bicyclic) bond motifs is 1. The van der Waals surface area contributed by atoms with Gasteiger partial charge in [0.15, 0.2) is 11.3 Å². The number of hydroxylamine groups is 1. The predicted octanol–water partition coefficient (Wildman–Crippen LogP) is 2.35. The Labute approximate surface area is 128 Å². The van der Waals surface area contributed by atoms with Gasteiger partial charge in [-0.3, -0.25) is 9.63 Å². The van der Waals surface area contributed by atoms with Crippen LogP contribution in [0.3, 0.4) is 0 Å². The quantitative estimate of drug-likeness (QED) is 0.736. The fraction of sp³-hybridized carbons (Fsp3) is 0.0714. The van der Waals surface area contributed by atoms with Crippen LogP contribution in [0, 0.1) is 0 Å². The highest BCUT2D eigenvalue weighted by Gasteiger charge is 2.11. The molecule has 21 heavy (non-hydrogen) atoms. The van der Waals surface area contributed by atoms with Crippen LogP contribution >= 0.6 is 15.9 Å². The number of nitrogens with one attached hydrogen (secondary N) is 1. The largest absolute Gasteiger partial charge is 0.295 e. The van der Waals surface area contributed by atoms with Crippen LogP contribution in [0.2, 0.25) is 0 Å². The van der Waals surface area contributed by atoms with Crippen LogP contribution in [-0.2, 0) is 11.4 Å². The minimum absolute atomic E-state index is 0.244. The van der Waals surface area contributed by atoms with E-state index in [0.717, 1.165) is 10.0 Å². The van der Waals surface area contributed by atoms with Gasteiger partial charge in [-0.2, -0.15) is 5.10 Å². The highest BCUT2D eigenvalue weighted by molar-refractivity contribution is 9.10. The first-order valence-electron chi connectivity index (χ1n) is 6.19. The van der Waals surface area contributed by atoms with Gasteiger partial charge in [-0.25, -0.2) is 15.0 Å². The Morgan fingerprint density at radius 2 is 2.14 bits per heavy atom. The van der Waals surface area contributed by atoms with Crippen molar-refractivity contribution in [1.82, 2.24) is 20.1 Å². The van der Waals surface area contributed by atoms with Crippen LogP contribution in [0.25, 0.3) is 5.65 Å². The maximum atomic E-state index is 11.9. The highest BCUT2D eigenvalue weighted by atomic mass is 79.9. The predicted molar refractivity (Wildman–Crippen MR) is 79.4 cm³/mol. The smallest absolute Gasteiger partial charge is 0.269 e. The fourth-order valence-corrected chi connectivity index (χ4v) is 2.07. The van der Waals surface area contributed by atoms with Crippen LogP contribution in [0.1, 0.15) is 16.1 Å². The molecule has 1 amide bonds. The van der Waals surface area contributed by atoms with E-state index in [1.54, 1.807) is 18.5 Å². The van der Waals surface area contributed by atoms with Gasteiger partial charge in [0, 0.05) is 18.5 Å². The number of hydrogen-bond donors (Lipinski definition) is 1. The van der Waals surface area contributed by atoms with E-state index < -0.39 is 5.91 Å². The summed E-state index contributed by atoms with van der Waals surface area (Å²) in [5.41, 5.74) is 4.17. The van der Waals surface area contributed by atoms with Crippen molar-refractivity contribution in [2.75, 3.05) is 0 Å². The summed E-state index contributed by atoms with van der Waals surface area (Å²) in [5.74, 6) is -0.410. The summed E-state index contributed by atoms with van der Waals surface area (Å²) >= 11 is 3.30. The minimum atomic E-state index is -0.410. The van der Waals surface area contributed by atoms with Crippen molar-refractivity contribution >= 4 is 27.5 Å². The monoisotopic (exact) mass is 346 g/mol. The second-order valence-electron chi connectivity index (χ2n) is 4.31. The number of benzene rings is 1. The van der Waals surface area contributed by atoms with Gasteiger partial charge in [0.1, 0.15) is 0 Å². The molecule has 0 atom stereocenters. The molecule has 0 aliphatic heterocycles. The molecule has 1 N–H and O–H groups in total. The molecule has 3 aromatic rings. The van der Waals surface area contributed by atoms with Crippen molar-refractivity contribution in [2.24, 2.45) is 0 Å². The first kappa shape index (κ1) is 13.7. The third-order valence-corrected chi connectivity index (χ3v) is 3.17. The van der Waals surface area contributed by atoms with Gasteiger partial charge in [-0.15, -0.1) is 0 Å². The molecule has 0 saturated carbocycles. The lowest BCUT2D eigenvalue weighted by Crippen LogP contribution is -2.24. The number of amides is 1. The zero-order valence-electron chi connectivity index (χ0n) is 10.9. The minimum Gasteiger partial charge on any atom is -0.269 e. The number of rotatable bonds is 4. The number of halogens is 1. The summed E-state index contributed by atoms with van der Waals surface area (Å²) in [7, 11) is 0. The number of nitrogens with zero attached hydrogens (tertiary/aromatic N) is 3. The maximum absolute atomic E-state index is 11.9. The molecule has 2 heterocycles. The van der Waals surface area contributed by atoms with E-state index in [2.05, 4.69) is 31.5 Å². The van der Waals surface area contributed by atoms with Crippen molar-refractivity contribution in [2.45, 2.75) is 6.61 Å². The Morgan fingerprint density at radius 3 is 2.95 bits per heavy atom. The van der Waals surface area contributed by atoms with E-state index >= 15 is 0 Å². The molecule has 0 radical (unpaired) electrons. The molecule has 0 aliphatic rings. The lowest BCUT2D eigenvalue weighted by molar-refractivity contribution is 0.0229. The van der Waals surface area contributed by atoms with Gasteiger partial charge >= 0.3 is 0 Å². The third-order valence-electron chi connectivity index (χ3n) is 2.76. The van der Waals surface area contributed by atoms with Gasteiger partial charge in [-0.05, 0) is 21.5 Å². The summed E-state index contributed by atoms with van der Waals surface area (Å²) in [6.07, 6.45) is 3.37. The van der Waals surface area contributed by atoms with E-state index in [4.69, 9.17) is 4.84 Å². The number of carbonyl (C=O) groups excluding carboxylic acids is 1. The highest BCUT2D eigenvalue weighted by Crippen LogP contribution is 2.10. The summed E-state index contributed by atoms with van der Waals surface area (Å²) in [4.78, 5) is 21.3.